The number of para-hydroxylation sites is 1. The molecule has 1 N–H and O–H groups in total. The molecule has 0 radical (unpaired) electrons. The molecular formula is C11H11FN2S. The van der Waals surface area contributed by atoms with E-state index in [9.17, 15) is 4.39 Å². The number of halogens is 1. The van der Waals surface area contributed by atoms with Crippen LogP contribution in [-0.2, 0) is 6.54 Å². The number of hydrogen-bond donors (Lipinski definition) is 1. The maximum atomic E-state index is 13.2. The standard InChI is InChI=1S/C11H11FN2S/c1-8-7-15-11(14-8)6-13-10-5-3-2-4-9(10)12/h2-5,7,13H,6H2,1H3. The van der Waals surface area contributed by atoms with Crippen LogP contribution in [-0.4, -0.2) is 4.98 Å². The van der Waals surface area contributed by atoms with Crippen molar-refractivity contribution in [1.82, 2.24) is 4.98 Å². The van der Waals surface area contributed by atoms with E-state index < -0.39 is 0 Å². The molecule has 1 aromatic carbocycles. The van der Waals surface area contributed by atoms with Crippen LogP contribution < -0.4 is 5.32 Å². The van der Waals surface area contributed by atoms with Gasteiger partial charge in [-0.3, -0.25) is 0 Å². The molecule has 1 heterocycles. The summed E-state index contributed by atoms with van der Waals surface area (Å²) in [5, 5.41) is 5.97. The van der Waals surface area contributed by atoms with Gasteiger partial charge in [0.25, 0.3) is 0 Å². The first-order valence-corrected chi connectivity index (χ1v) is 5.53. The largest absolute Gasteiger partial charge is 0.376 e. The molecule has 2 nitrogen and oxygen atoms in total. The number of hydrogen-bond acceptors (Lipinski definition) is 3. The molecule has 0 spiro atoms. The Balaban J connectivity index is 2.02. The number of benzene rings is 1. The van der Waals surface area contributed by atoms with Crippen LogP contribution in [0.5, 0.6) is 0 Å². The van der Waals surface area contributed by atoms with Gasteiger partial charge in [-0.25, -0.2) is 9.37 Å². The summed E-state index contributed by atoms with van der Waals surface area (Å²) in [7, 11) is 0. The maximum absolute atomic E-state index is 13.2. The van der Waals surface area contributed by atoms with Crippen LogP contribution in [0.1, 0.15) is 10.7 Å². The summed E-state index contributed by atoms with van der Waals surface area (Å²) in [5.74, 6) is -0.231. The molecule has 78 valence electrons. The van der Waals surface area contributed by atoms with E-state index >= 15 is 0 Å². The van der Waals surface area contributed by atoms with Crippen molar-refractivity contribution in [3.63, 3.8) is 0 Å². The molecule has 0 saturated heterocycles. The molecule has 0 aliphatic heterocycles. The second-order valence-corrected chi connectivity index (χ2v) is 4.16. The molecule has 2 aromatic rings. The Bertz CT molecular complexity index is 453. The van der Waals surface area contributed by atoms with Gasteiger partial charge in [0.05, 0.1) is 12.2 Å². The Hall–Kier alpha value is -1.42. The predicted molar refractivity (Wildman–Crippen MR) is 60.6 cm³/mol. The van der Waals surface area contributed by atoms with Gasteiger partial charge in [-0.1, -0.05) is 12.1 Å². The zero-order valence-electron chi connectivity index (χ0n) is 8.33. The topological polar surface area (TPSA) is 24.9 Å². The summed E-state index contributed by atoms with van der Waals surface area (Å²) in [6.07, 6.45) is 0. The Kier molecular flexibility index (Phi) is 2.97. The van der Waals surface area contributed by atoms with Crippen molar-refractivity contribution < 1.29 is 4.39 Å². The quantitative estimate of drug-likeness (QED) is 0.862. The van der Waals surface area contributed by atoms with Gasteiger partial charge in [0.1, 0.15) is 10.8 Å². The second kappa shape index (κ2) is 4.40. The van der Waals surface area contributed by atoms with Crippen molar-refractivity contribution >= 4 is 17.0 Å². The van der Waals surface area contributed by atoms with E-state index in [0.717, 1.165) is 10.7 Å². The van der Waals surface area contributed by atoms with Gasteiger partial charge >= 0.3 is 0 Å². The number of aryl methyl sites for hydroxylation is 1. The maximum Gasteiger partial charge on any atom is 0.146 e. The Morgan fingerprint density at radius 2 is 2.20 bits per heavy atom. The van der Waals surface area contributed by atoms with Gasteiger partial charge in [-0.05, 0) is 19.1 Å². The molecule has 2 rings (SSSR count). The molecule has 4 heteroatoms. The normalized spacial score (nSPS) is 10.3. The van der Waals surface area contributed by atoms with E-state index in [1.165, 1.54) is 6.07 Å². The van der Waals surface area contributed by atoms with E-state index in [4.69, 9.17) is 0 Å². The fraction of sp³-hybridized carbons (Fsp3) is 0.182. The molecule has 0 aliphatic carbocycles. The van der Waals surface area contributed by atoms with Crippen LogP contribution in [0.15, 0.2) is 29.6 Å². The zero-order chi connectivity index (χ0) is 10.7. The fourth-order valence-corrected chi connectivity index (χ4v) is 1.97. The molecule has 15 heavy (non-hydrogen) atoms. The average Bonchev–Trinajstić information content (AvgIpc) is 2.63. The summed E-state index contributed by atoms with van der Waals surface area (Å²) < 4.78 is 13.2. The van der Waals surface area contributed by atoms with Crippen LogP contribution in [0.2, 0.25) is 0 Å². The highest BCUT2D eigenvalue weighted by Gasteiger charge is 2.01. The van der Waals surface area contributed by atoms with Crippen molar-refractivity contribution in [1.29, 1.82) is 0 Å². The number of nitrogens with one attached hydrogen (secondary N) is 1. The minimum Gasteiger partial charge on any atom is -0.376 e. The number of aromatic nitrogens is 1. The first-order chi connectivity index (χ1) is 7.25. The lowest BCUT2D eigenvalue weighted by atomic mass is 10.3. The molecule has 0 aliphatic rings. The minimum absolute atomic E-state index is 0.231. The highest BCUT2D eigenvalue weighted by molar-refractivity contribution is 7.09. The number of rotatable bonds is 3. The molecular weight excluding hydrogens is 211 g/mol. The molecule has 0 saturated carbocycles. The van der Waals surface area contributed by atoms with Crippen LogP contribution in [0.25, 0.3) is 0 Å². The summed E-state index contributed by atoms with van der Waals surface area (Å²) in [6.45, 7) is 2.52. The van der Waals surface area contributed by atoms with E-state index in [1.807, 2.05) is 12.3 Å². The molecule has 1 aromatic heterocycles. The lowest BCUT2D eigenvalue weighted by Crippen LogP contribution is -2.00. The van der Waals surface area contributed by atoms with Gasteiger partial charge in [0.15, 0.2) is 0 Å². The third-order valence-corrected chi connectivity index (χ3v) is 2.94. The van der Waals surface area contributed by atoms with Gasteiger partial charge in [-0.2, -0.15) is 0 Å². The Labute approximate surface area is 91.8 Å². The zero-order valence-corrected chi connectivity index (χ0v) is 9.14. The van der Waals surface area contributed by atoms with E-state index in [2.05, 4.69) is 10.3 Å². The Morgan fingerprint density at radius 3 is 2.87 bits per heavy atom. The van der Waals surface area contributed by atoms with E-state index in [-0.39, 0.29) is 5.82 Å². The van der Waals surface area contributed by atoms with Gasteiger partial charge in [0, 0.05) is 11.1 Å². The Morgan fingerprint density at radius 1 is 1.40 bits per heavy atom. The van der Waals surface area contributed by atoms with Crippen molar-refractivity contribution in [3.05, 3.63) is 46.2 Å². The van der Waals surface area contributed by atoms with Crippen molar-refractivity contribution in [2.24, 2.45) is 0 Å². The first-order valence-electron chi connectivity index (χ1n) is 4.65. The first kappa shape index (κ1) is 10.1. The fourth-order valence-electron chi connectivity index (χ4n) is 1.26. The van der Waals surface area contributed by atoms with Crippen molar-refractivity contribution in [2.75, 3.05) is 5.32 Å². The molecule has 0 amide bonds. The molecule has 0 atom stereocenters. The van der Waals surface area contributed by atoms with Crippen LogP contribution in [0.3, 0.4) is 0 Å². The predicted octanol–water partition coefficient (Wildman–Crippen LogP) is 3.20. The van der Waals surface area contributed by atoms with E-state index in [1.54, 1.807) is 29.5 Å². The summed E-state index contributed by atoms with van der Waals surface area (Å²) in [5.41, 5.74) is 1.52. The average molecular weight is 222 g/mol. The van der Waals surface area contributed by atoms with Crippen molar-refractivity contribution in [2.45, 2.75) is 13.5 Å². The molecule has 0 fully saturated rings. The number of thiazole rings is 1. The highest BCUT2D eigenvalue weighted by atomic mass is 32.1. The SMILES string of the molecule is Cc1csc(CNc2ccccc2F)n1. The lowest BCUT2D eigenvalue weighted by molar-refractivity contribution is 0.630. The summed E-state index contributed by atoms with van der Waals surface area (Å²) in [6, 6.07) is 6.64. The summed E-state index contributed by atoms with van der Waals surface area (Å²) in [4.78, 5) is 4.29. The van der Waals surface area contributed by atoms with Crippen LogP contribution in [0, 0.1) is 12.7 Å². The second-order valence-electron chi connectivity index (χ2n) is 3.22. The molecule has 0 bridgehead atoms. The van der Waals surface area contributed by atoms with Gasteiger partial charge < -0.3 is 5.32 Å². The van der Waals surface area contributed by atoms with Crippen LogP contribution in [0.4, 0.5) is 10.1 Å². The van der Waals surface area contributed by atoms with Gasteiger partial charge in [-0.15, -0.1) is 11.3 Å². The molecule has 0 unspecified atom stereocenters. The third-order valence-electron chi connectivity index (χ3n) is 1.97. The lowest BCUT2D eigenvalue weighted by Gasteiger charge is -2.04. The summed E-state index contributed by atoms with van der Waals surface area (Å²) >= 11 is 1.58. The third kappa shape index (κ3) is 2.53. The van der Waals surface area contributed by atoms with Gasteiger partial charge in [0.2, 0.25) is 0 Å². The minimum atomic E-state index is -0.231. The smallest absolute Gasteiger partial charge is 0.146 e. The monoisotopic (exact) mass is 222 g/mol. The van der Waals surface area contributed by atoms with E-state index in [0.29, 0.717) is 12.2 Å². The number of nitrogens with zero attached hydrogens (tertiary/aromatic N) is 1. The highest BCUT2D eigenvalue weighted by Crippen LogP contribution is 2.15. The van der Waals surface area contributed by atoms with Crippen LogP contribution >= 0.6 is 11.3 Å². The van der Waals surface area contributed by atoms with Crippen molar-refractivity contribution in [3.8, 4) is 0 Å². The number of anilines is 1.